The van der Waals surface area contributed by atoms with Crippen molar-refractivity contribution < 1.29 is 9.53 Å². The summed E-state index contributed by atoms with van der Waals surface area (Å²) in [7, 11) is 1.61. The lowest BCUT2D eigenvalue weighted by molar-refractivity contribution is 0.104. The lowest BCUT2D eigenvalue weighted by Crippen LogP contribution is -1.93. The summed E-state index contributed by atoms with van der Waals surface area (Å²) in [5.74, 6) is 0.758. The van der Waals surface area contributed by atoms with Crippen LogP contribution >= 0.6 is 11.3 Å². The lowest BCUT2D eigenvalue weighted by atomic mass is 10.1. The van der Waals surface area contributed by atoms with Crippen LogP contribution in [0.25, 0.3) is 6.08 Å². The smallest absolute Gasteiger partial charge is 0.185 e. The Morgan fingerprint density at radius 2 is 1.89 bits per heavy atom. The van der Waals surface area contributed by atoms with Gasteiger partial charge in [-0.1, -0.05) is 0 Å². The van der Waals surface area contributed by atoms with Gasteiger partial charge in [-0.15, -0.1) is 11.3 Å². The number of carbonyl (C=O) groups is 1. The maximum absolute atomic E-state index is 11.9. The Morgan fingerprint density at radius 3 is 2.44 bits per heavy atom. The first-order valence-corrected chi connectivity index (χ1v) is 6.43. The van der Waals surface area contributed by atoms with E-state index in [0.29, 0.717) is 5.56 Å². The summed E-state index contributed by atoms with van der Waals surface area (Å²) in [6, 6.07) is 11.2. The second-order valence-electron chi connectivity index (χ2n) is 3.87. The molecule has 0 atom stereocenters. The van der Waals surface area contributed by atoms with Gasteiger partial charge >= 0.3 is 0 Å². The second-order valence-corrected chi connectivity index (χ2v) is 5.19. The van der Waals surface area contributed by atoms with E-state index in [2.05, 4.69) is 0 Å². The molecule has 0 aliphatic carbocycles. The predicted molar refractivity (Wildman–Crippen MR) is 75.4 cm³/mol. The summed E-state index contributed by atoms with van der Waals surface area (Å²) in [4.78, 5) is 14.2. The number of rotatable bonds is 4. The quantitative estimate of drug-likeness (QED) is 0.613. The van der Waals surface area contributed by atoms with Gasteiger partial charge in [-0.25, -0.2) is 0 Å². The Kier molecular flexibility index (Phi) is 3.95. The van der Waals surface area contributed by atoms with Crippen LogP contribution in [0.5, 0.6) is 5.75 Å². The lowest BCUT2D eigenvalue weighted by Gasteiger charge is -1.99. The number of ketones is 1. The number of aryl methyl sites for hydroxylation is 1. The van der Waals surface area contributed by atoms with E-state index >= 15 is 0 Å². The number of thiophene rings is 1. The van der Waals surface area contributed by atoms with E-state index in [9.17, 15) is 4.79 Å². The fourth-order valence-electron chi connectivity index (χ4n) is 1.55. The van der Waals surface area contributed by atoms with Crippen molar-refractivity contribution in [1.82, 2.24) is 0 Å². The minimum atomic E-state index is 0.00343. The molecule has 2 rings (SSSR count). The third-order valence-corrected chi connectivity index (χ3v) is 3.50. The van der Waals surface area contributed by atoms with Crippen molar-refractivity contribution in [3.63, 3.8) is 0 Å². The molecule has 1 heterocycles. The van der Waals surface area contributed by atoms with Crippen LogP contribution in [0.2, 0.25) is 0 Å². The zero-order valence-electron chi connectivity index (χ0n) is 10.3. The largest absolute Gasteiger partial charge is 0.497 e. The highest BCUT2D eigenvalue weighted by Gasteiger charge is 2.02. The van der Waals surface area contributed by atoms with Crippen molar-refractivity contribution >= 4 is 23.2 Å². The molecule has 0 saturated heterocycles. The minimum absolute atomic E-state index is 0.00343. The van der Waals surface area contributed by atoms with Gasteiger partial charge in [0.2, 0.25) is 0 Å². The number of ether oxygens (including phenoxy) is 1. The average molecular weight is 258 g/mol. The number of benzene rings is 1. The van der Waals surface area contributed by atoms with Gasteiger partial charge in [-0.05, 0) is 55.5 Å². The number of hydrogen-bond acceptors (Lipinski definition) is 3. The third-order valence-electron chi connectivity index (χ3n) is 2.53. The molecule has 1 aromatic carbocycles. The Balaban J connectivity index is 2.09. The molecule has 92 valence electrons. The van der Waals surface area contributed by atoms with Crippen molar-refractivity contribution in [2.75, 3.05) is 7.11 Å². The Labute approximate surface area is 111 Å². The SMILES string of the molecule is COc1ccc(C(=O)C=Cc2ccc(C)s2)cc1. The summed E-state index contributed by atoms with van der Waals surface area (Å²) in [5.41, 5.74) is 0.667. The molecule has 1 aromatic heterocycles. The molecule has 2 nitrogen and oxygen atoms in total. The number of allylic oxidation sites excluding steroid dienone is 1. The first-order valence-electron chi connectivity index (χ1n) is 5.62. The molecule has 0 radical (unpaired) electrons. The molecular formula is C15H14O2S. The van der Waals surface area contributed by atoms with Crippen molar-refractivity contribution in [2.45, 2.75) is 6.92 Å². The highest BCUT2D eigenvalue weighted by Crippen LogP contribution is 2.17. The molecule has 0 unspecified atom stereocenters. The zero-order valence-corrected chi connectivity index (χ0v) is 11.2. The second kappa shape index (κ2) is 5.65. The first-order chi connectivity index (χ1) is 8.69. The van der Waals surface area contributed by atoms with E-state index in [1.54, 1.807) is 48.8 Å². The van der Waals surface area contributed by atoms with Crippen LogP contribution in [0.3, 0.4) is 0 Å². The normalized spacial score (nSPS) is 10.8. The van der Waals surface area contributed by atoms with Crippen LogP contribution in [-0.2, 0) is 0 Å². The average Bonchev–Trinajstić information content (AvgIpc) is 2.82. The van der Waals surface area contributed by atoms with Crippen molar-refractivity contribution in [1.29, 1.82) is 0 Å². The Hall–Kier alpha value is -1.87. The highest BCUT2D eigenvalue weighted by atomic mass is 32.1. The van der Waals surface area contributed by atoms with Crippen LogP contribution in [0.15, 0.2) is 42.5 Å². The first kappa shape index (κ1) is 12.6. The van der Waals surface area contributed by atoms with E-state index in [-0.39, 0.29) is 5.78 Å². The van der Waals surface area contributed by atoms with Gasteiger partial charge in [0, 0.05) is 15.3 Å². The highest BCUT2D eigenvalue weighted by molar-refractivity contribution is 7.12. The molecule has 0 aliphatic rings. The van der Waals surface area contributed by atoms with Crippen LogP contribution in [0.4, 0.5) is 0 Å². The molecule has 3 heteroatoms. The van der Waals surface area contributed by atoms with Crippen molar-refractivity contribution in [3.05, 3.63) is 57.8 Å². The molecule has 0 amide bonds. The summed E-state index contributed by atoms with van der Waals surface area (Å²) in [6.07, 6.45) is 3.46. The molecule has 2 aromatic rings. The topological polar surface area (TPSA) is 26.3 Å². The molecule has 18 heavy (non-hydrogen) atoms. The zero-order chi connectivity index (χ0) is 13.0. The number of methoxy groups -OCH3 is 1. The fourth-order valence-corrected chi connectivity index (χ4v) is 2.33. The summed E-state index contributed by atoms with van der Waals surface area (Å²) in [5, 5.41) is 0. The molecule has 0 aliphatic heterocycles. The number of hydrogen-bond donors (Lipinski definition) is 0. The summed E-state index contributed by atoms with van der Waals surface area (Å²) < 4.78 is 5.05. The fraction of sp³-hybridized carbons (Fsp3) is 0.133. The van der Waals surface area contributed by atoms with E-state index < -0.39 is 0 Å². The molecule has 0 fully saturated rings. The standard InChI is InChI=1S/C15H14O2S/c1-11-3-8-14(18-11)9-10-15(16)12-4-6-13(17-2)7-5-12/h3-10H,1-2H3. The molecule has 0 saturated carbocycles. The summed E-state index contributed by atoms with van der Waals surface area (Å²) >= 11 is 1.67. The van der Waals surface area contributed by atoms with Crippen LogP contribution in [0, 0.1) is 6.92 Å². The van der Waals surface area contributed by atoms with Crippen LogP contribution in [-0.4, -0.2) is 12.9 Å². The van der Waals surface area contributed by atoms with E-state index in [1.165, 1.54) is 4.88 Å². The van der Waals surface area contributed by atoms with Crippen molar-refractivity contribution in [2.24, 2.45) is 0 Å². The van der Waals surface area contributed by atoms with Gasteiger partial charge in [0.05, 0.1) is 7.11 Å². The predicted octanol–water partition coefficient (Wildman–Crippen LogP) is 3.96. The van der Waals surface area contributed by atoms with Gasteiger partial charge in [-0.2, -0.15) is 0 Å². The molecule has 0 bridgehead atoms. The monoisotopic (exact) mass is 258 g/mol. The third kappa shape index (κ3) is 3.08. The van der Waals surface area contributed by atoms with Crippen molar-refractivity contribution in [3.8, 4) is 5.75 Å². The van der Waals surface area contributed by atoms with Gasteiger partial charge in [0.25, 0.3) is 0 Å². The Morgan fingerprint density at radius 1 is 1.17 bits per heavy atom. The van der Waals surface area contributed by atoms with Gasteiger partial charge < -0.3 is 4.74 Å². The minimum Gasteiger partial charge on any atom is -0.497 e. The molecule has 0 N–H and O–H groups in total. The van der Waals surface area contributed by atoms with Gasteiger partial charge in [0.1, 0.15) is 5.75 Å². The molecular weight excluding hydrogens is 244 g/mol. The van der Waals surface area contributed by atoms with Crippen LogP contribution < -0.4 is 4.74 Å². The molecule has 0 spiro atoms. The Bertz CT molecular complexity index is 564. The maximum atomic E-state index is 11.9. The van der Waals surface area contributed by atoms with E-state index in [0.717, 1.165) is 10.6 Å². The maximum Gasteiger partial charge on any atom is 0.185 e. The van der Waals surface area contributed by atoms with E-state index in [1.807, 2.05) is 25.1 Å². The van der Waals surface area contributed by atoms with Gasteiger partial charge in [0.15, 0.2) is 5.78 Å². The van der Waals surface area contributed by atoms with Gasteiger partial charge in [-0.3, -0.25) is 4.79 Å². The number of carbonyl (C=O) groups excluding carboxylic acids is 1. The van der Waals surface area contributed by atoms with Crippen LogP contribution in [0.1, 0.15) is 20.1 Å². The summed E-state index contributed by atoms with van der Waals surface area (Å²) in [6.45, 7) is 2.05. The van der Waals surface area contributed by atoms with E-state index in [4.69, 9.17) is 4.74 Å².